The molecule has 1 atom stereocenters. The van der Waals surface area contributed by atoms with Crippen molar-refractivity contribution in [3.05, 3.63) is 69.1 Å². The summed E-state index contributed by atoms with van der Waals surface area (Å²) in [6.45, 7) is 5.73. The van der Waals surface area contributed by atoms with E-state index in [0.29, 0.717) is 51.3 Å². The van der Waals surface area contributed by atoms with Crippen molar-refractivity contribution in [3.63, 3.8) is 0 Å². The minimum atomic E-state index is -0.725. The monoisotopic (exact) mass is 494 g/mol. The Bertz CT molecular complexity index is 1340. The molecule has 1 unspecified atom stereocenters. The Hall–Kier alpha value is -4.07. The Balaban J connectivity index is 2.07. The molecular weight excluding hydrogens is 464 g/mol. The summed E-state index contributed by atoms with van der Waals surface area (Å²) < 4.78 is 26.5. The fourth-order valence-electron chi connectivity index (χ4n) is 3.95. The van der Waals surface area contributed by atoms with Gasteiger partial charge < -0.3 is 23.4 Å². The van der Waals surface area contributed by atoms with Crippen molar-refractivity contribution < 1.29 is 33.0 Å². The number of ether oxygens (including phenoxy) is 4. The first kappa shape index (κ1) is 26.5. The number of carbonyl (C=O) groups is 2. The van der Waals surface area contributed by atoms with Gasteiger partial charge in [0, 0.05) is 10.9 Å². The number of benzene rings is 2. The van der Waals surface area contributed by atoms with Crippen LogP contribution in [0.3, 0.4) is 0 Å². The third kappa shape index (κ3) is 5.27. The molecule has 0 radical (unpaired) electrons. The fraction of sp³-hybridized carbons (Fsp3) is 0.321. The molecule has 0 saturated heterocycles. The standard InChI is InChI=1S/C28H30O8/c1-7-16(3)24-19-13-17(10-12-21(19)36-28(31)25(24)27(30)35-8-2)9-11-20(29)18-14-22(32-4)26(34-6)23(15-18)33-5/h9-16H,7-8H2,1-6H3/b11-9+. The van der Waals surface area contributed by atoms with Gasteiger partial charge in [-0.15, -0.1) is 0 Å². The van der Waals surface area contributed by atoms with Crippen LogP contribution in [-0.2, 0) is 4.74 Å². The maximum absolute atomic E-state index is 12.9. The first-order valence-electron chi connectivity index (χ1n) is 11.6. The van der Waals surface area contributed by atoms with Crippen molar-refractivity contribution in [2.45, 2.75) is 33.1 Å². The molecule has 3 aromatic rings. The molecule has 0 amide bonds. The maximum atomic E-state index is 12.9. The average molecular weight is 495 g/mol. The van der Waals surface area contributed by atoms with E-state index >= 15 is 0 Å². The van der Waals surface area contributed by atoms with Crippen molar-refractivity contribution in [2.24, 2.45) is 0 Å². The van der Waals surface area contributed by atoms with Crippen molar-refractivity contribution in [1.82, 2.24) is 0 Å². The van der Waals surface area contributed by atoms with Crippen molar-refractivity contribution >= 4 is 28.8 Å². The second kappa shape index (κ2) is 11.6. The number of esters is 1. The molecule has 1 heterocycles. The van der Waals surface area contributed by atoms with E-state index in [9.17, 15) is 14.4 Å². The third-order valence-corrected chi connectivity index (χ3v) is 5.93. The summed E-state index contributed by atoms with van der Waals surface area (Å²) in [7, 11) is 4.45. The lowest BCUT2D eigenvalue weighted by Gasteiger charge is -2.16. The Kier molecular flexibility index (Phi) is 8.53. The van der Waals surface area contributed by atoms with Gasteiger partial charge in [0.15, 0.2) is 17.3 Å². The molecule has 0 aliphatic heterocycles. The Morgan fingerprint density at radius 3 is 2.22 bits per heavy atom. The third-order valence-electron chi connectivity index (χ3n) is 5.93. The van der Waals surface area contributed by atoms with Gasteiger partial charge in [-0.1, -0.05) is 26.0 Å². The molecule has 0 spiro atoms. The summed E-state index contributed by atoms with van der Waals surface area (Å²) in [6, 6.07) is 8.34. The van der Waals surface area contributed by atoms with Crippen LogP contribution in [0.25, 0.3) is 17.0 Å². The van der Waals surface area contributed by atoms with E-state index in [-0.39, 0.29) is 23.9 Å². The van der Waals surface area contributed by atoms with Crippen LogP contribution in [0.1, 0.15) is 65.0 Å². The lowest BCUT2D eigenvalue weighted by atomic mass is 9.90. The van der Waals surface area contributed by atoms with Crippen LogP contribution in [0.2, 0.25) is 0 Å². The number of methoxy groups -OCH3 is 3. The summed E-state index contributed by atoms with van der Waals surface area (Å²) in [4.78, 5) is 38.2. The van der Waals surface area contributed by atoms with E-state index in [0.717, 1.165) is 0 Å². The van der Waals surface area contributed by atoms with Gasteiger partial charge >= 0.3 is 11.6 Å². The summed E-state index contributed by atoms with van der Waals surface area (Å²) in [5.41, 5.74) is 1.17. The second-order valence-electron chi connectivity index (χ2n) is 8.08. The first-order chi connectivity index (χ1) is 17.3. The zero-order chi connectivity index (χ0) is 26.4. The largest absolute Gasteiger partial charge is 0.493 e. The van der Waals surface area contributed by atoms with E-state index in [2.05, 4.69) is 0 Å². The van der Waals surface area contributed by atoms with Gasteiger partial charge in [0.05, 0.1) is 27.9 Å². The highest BCUT2D eigenvalue weighted by molar-refractivity contribution is 6.07. The number of ketones is 1. The molecule has 8 heteroatoms. The molecule has 0 fully saturated rings. The van der Waals surface area contributed by atoms with E-state index < -0.39 is 11.6 Å². The van der Waals surface area contributed by atoms with Gasteiger partial charge in [-0.25, -0.2) is 9.59 Å². The molecule has 0 aliphatic carbocycles. The van der Waals surface area contributed by atoms with Crippen LogP contribution < -0.4 is 19.8 Å². The lowest BCUT2D eigenvalue weighted by molar-refractivity contribution is 0.0519. The van der Waals surface area contributed by atoms with Crippen LogP contribution in [0.5, 0.6) is 17.2 Å². The Morgan fingerprint density at radius 2 is 1.67 bits per heavy atom. The first-order valence-corrected chi connectivity index (χ1v) is 11.6. The van der Waals surface area contributed by atoms with Crippen LogP contribution in [0.15, 0.2) is 45.6 Å². The lowest BCUT2D eigenvalue weighted by Crippen LogP contribution is -2.21. The fourth-order valence-corrected chi connectivity index (χ4v) is 3.95. The highest BCUT2D eigenvalue weighted by atomic mass is 16.5. The molecule has 1 aromatic heterocycles. The number of allylic oxidation sites excluding steroid dienone is 1. The smallest absolute Gasteiger partial charge is 0.351 e. The van der Waals surface area contributed by atoms with Crippen LogP contribution >= 0.6 is 0 Å². The summed E-state index contributed by atoms with van der Waals surface area (Å²) >= 11 is 0. The Labute approximate surface area is 209 Å². The molecule has 0 saturated carbocycles. The number of rotatable bonds is 10. The molecular formula is C28H30O8. The van der Waals surface area contributed by atoms with Gasteiger partial charge in [-0.3, -0.25) is 4.79 Å². The highest BCUT2D eigenvalue weighted by Crippen LogP contribution is 2.38. The van der Waals surface area contributed by atoms with E-state index in [1.165, 1.54) is 27.4 Å². The molecule has 0 aliphatic rings. The quantitative estimate of drug-likeness (QED) is 0.160. The molecule has 0 bridgehead atoms. The van der Waals surface area contributed by atoms with Crippen LogP contribution in [-0.4, -0.2) is 39.7 Å². The average Bonchev–Trinajstić information content (AvgIpc) is 2.89. The minimum absolute atomic E-state index is 0.0895. The highest BCUT2D eigenvalue weighted by Gasteiger charge is 2.25. The number of fused-ring (bicyclic) bond motifs is 1. The predicted octanol–water partition coefficient (Wildman–Crippen LogP) is 5.41. The zero-order valence-electron chi connectivity index (χ0n) is 21.3. The number of carbonyl (C=O) groups excluding carboxylic acids is 2. The summed E-state index contributed by atoms with van der Waals surface area (Å²) in [6.07, 6.45) is 3.78. The van der Waals surface area contributed by atoms with Crippen LogP contribution in [0.4, 0.5) is 0 Å². The second-order valence-corrected chi connectivity index (χ2v) is 8.08. The van der Waals surface area contributed by atoms with Crippen molar-refractivity contribution in [1.29, 1.82) is 0 Å². The molecule has 8 nitrogen and oxygen atoms in total. The maximum Gasteiger partial charge on any atom is 0.351 e. The summed E-state index contributed by atoms with van der Waals surface area (Å²) in [5.74, 6) is 0.0611. The normalized spacial score (nSPS) is 11.9. The van der Waals surface area contributed by atoms with Gasteiger partial charge in [0.2, 0.25) is 5.75 Å². The van der Waals surface area contributed by atoms with E-state index in [1.807, 2.05) is 13.8 Å². The van der Waals surface area contributed by atoms with Gasteiger partial charge in [0.1, 0.15) is 11.1 Å². The minimum Gasteiger partial charge on any atom is -0.493 e. The van der Waals surface area contributed by atoms with Gasteiger partial charge in [-0.05, 0) is 60.7 Å². The Morgan fingerprint density at radius 1 is 1.00 bits per heavy atom. The van der Waals surface area contributed by atoms with Gasteiger partial charge in [0.25, 0.3) is 0 Å². The SMILES string of the molecule is CCOC(=O)c1c(C(C)CC)c2cc(/C=C/C(=O)c3cc(OC)c(OC)c(OC)c3)ccc2oc1=O. The molecule has 2 aromatic carbocycles. The van der Waals surface area contributed by atoms with E-state index in [4.69, 9.17) is 23.4 Å². The van der Waals surface area contributed by atoms with Crippen LogP contribution in [0, 0.1) is 0 Å². The van der Waals surface area contributed by atoms with Crippen molar-refractivity contribution in [3.8, 4) is 17.2 Å². The summed E-state index contributed by atoms with van der Waals surface area (Å²) in [5, 5.41) is 0.620. The van der Waals surface area contributed by atoms with Crippen molar-refractivity contribution in [2.75, 3.05) is 27.9 Å². The van der Waals surface area contributed by atoms with E-state index in [1.54, 1.807) is 43.3 Å². The van der Waals surface area contributed by atoms with Gasteiger partial charge in [-0.2, -0.15) is 0 Å². The molecule has 0 N–H and O–H groups in total. The molecule has 36 heavy (non-hydrogen) atoms. The zero-order valence-corrected chi connectivity index (χ0v) is 21.3. The topological polar surface area (TPSA) is 101 Å². The molecule has 190 valence electrons. The molecule has 3 rings (SSSR count). The predicted molar refractivity (Wildman–Crippen MR) is 137 cm³/mol. The number of hydrogen-bond acceptors (Lipinski definition) is 8. The number of hydrogen-bond donors (Lipinski definition) is 0.